The summed E-state index contributed by atoms with van der Waals surface area (Å²) in [4.78, 5) is 4.75. The van der Waals surface area contributed by atoms with E-state index in [1.807, 2.05) is 6.07 Å². The van der Waals surface area contributed by atoms with Gasteiger partial charge >= 0.3 is 0 Å². The minimum atomic E-state index is 0.806. The third-order valence-electron chi connectivity index (χ3n) is 3.43. The summed E-state index contributed by atoms with van der Waals surface area (Å²) in [5.41, 5.74) is 2.16. The highest BCUT2D eigenvalue weighted by Gasteiger charge is 2.14. The van der Waals surface area contributed by atoms with E-state index in [1.165, 1.54) is 10.8 Å². The summed E-state index contributed by atoms with van der Waals surface area (Å²) in [5, 5.41) is 8.82. The van der Waals surface area contributed by atoms with Crippen molar-refractivity contribution < 1.29 is 4.74 Å². The molecule has 0 saturated heterocycles. The number of hydrogen-bond donors (Lipinski definition) is 1. The zero-order chi connectivity index (χ0) is 14.7. The molecule has 21 heavy (non-hydrogen) atoms. The molecule has 0 spiro atoms. The van der Waals surface area contributed by atoms with Crippen molar-refractivity contribution in [2.75, 3.05) is 13.7 Å². The predicted octanol–water partition coefficient (Wildman–Crippen LogP) is 4.08. The lowest BCUT2D eigenvalue weighted by atomic mass is 10.0. The molecule has 0 aliphatic carbocycles. The van der Waals surface area contributed by atoms with Crippen molar-refractivity contribution in [3.8, 4) is 16.3 Å². The number of hydrogen-bond acceptors (Lipinski definition) is 4. The van der Waals surface area contributed by atoms with Gasteiger partial charge in [-0.3, -0.25) is 0 Å². The Balaban J connectivity index is 2.11. The molecule has 1 N–H and O–H groups in total. The summed E-state index contributed by atoms with van der Waals surface area (Å²) in [6, 6.07) is 12.5. The first-order valence-corrected chi connectivity index (χ1v) is 7.92. The highest BCUT2D eigenvalue weighted by molar-refractivity contribution is 7.13. The fraction of sp³-hybridized carbons (Fsp3) is 0.235. The van der Waals surface area contributed by atoms with E-state index in [1.54, 1.807) is 18.4 Å². The Morgan fingerprint density at radius 2 is 2.05 bits per heavy atom. The lowest BCUT2D eigenvalue weighted by Crippen LogP contribution is -2.11. The van der Waals surface area contributed by atoms with Crippen LogP contribution in [0.4, 0.5) is 0 Å². The molecule has 0 radical (unpaired) electrons. The Bertz CT molecular complexity index is 751. The first kappa shape index (κ1) is 14.0. The lowest BCUT2D eigenvalue weighted by molar-refractivity contribution is 0.417. The lowest BCUT2D eigenvalue weighted by Gasteiger charge is -2.09. The second-order valence-electron chi connectivity index (χ2n) is 4.79. The largest absolute Gasteiger partial charge is 0.496 e. The molecule has 0 fully saturated rings. The molecule has 3 rings (SSSR count). The number of rotatable bonds is 5. The van der Waals surface area contributed by atoms with Crippen LogP contribution in [0.5, 0.6) is 5.75 Å². The molecule has 2 aromatic carbocycles. The van der Waals surface area contributed by atoms with Gasteiger partial charge in [-0.05, 0) is 23.4 Å². The van der Waals surface area contributed by atoms with E-state index >= 15 is 0 Å². The van der Waals surface area contributed by atoms with Crippen LogP contribution >= 0.6 is 11.3 Å². The Labute approximate surface area is 128 Å². The molecule has 0 unspecified atom stereocenters. The van der Waals surface area contributed by atoms with Crippen molar-refractivity contribution >= 4 is 22.1 Å². The summed E-state index contributed by atoms with van der Waals surface area (Å²) in [6.45, 7) is 3.85. The van der Waals surface area contributed by atoms with Crippen molar-refractivity contribution in [2.45, 2.75) is 13.5 Å². The number of fused-ring (bicyclic) bond motifs is 1. The number of ether oxygens (including phenoxy) is 1. The molecule has 0 atom stereocenters. The van der Waals surface area contributed by atoms with Crippen LogP contribution in [-0.2, 0) is 6.54 Å². The second-order valence-corrected chi connectivity index (χ2v) is 5.65. The Morgan fingerprint density at radius 3 is 2.86 bits per heavy atom. The summed E-state index contributed by atoms with van der Waals surface area (Å²) in [5.74, 6) is 0.873. The normalized spacial score (nSPS) is 11.0. The van der Waals surface area contributed by atoms with Gasteiger partial charge in [-0.2, -0.15) is 0 Å². The van der Waals surface area contributed by atoms with Gasteiger partial charge in [-0.25, -0.2) is 4.98 Å². The van der Waals surface area contributed by atoms with Gasteiger partial charge < -0.3 is 10.1 Å². The molecule has 108 valence electrons. The molecule has 1 heterocycles. The van der Waals surface area contributed by atoms with Crippen LogP contribution in [0, 0.1) is 0 Å². The van der Waals surface area contributed by atoms with E-state index in [9.17, 15) is 0 Å². The molecular weight excluding hydrogens is 280 g/mol. The van der Waals surface area contributed by atoms with E-state index in [-0.39, 0.29) is 0 Å². The predicted molar refractivity (Wildman–Crippen MR) is 89.0 cm³/mol. The Kier molecular flexibility index (Phi) is 4.18. The number of nitrogens with zero attached hydrogens (tertiary/aromatic N) is 1. The number of nitrogens with one attached hydrogen (secondary N) is 1. The number of thiazole rings is 1. The van der Waals surface area contributed by atoms with Gasteiger partial charge in [0.15, 0.2) is 0 Å². The molecule has 3 nitrogen and oxygen atoms in total. The van der Waals surface area contributed by atoms with Crippen molar-refractivity contribution in [1.82, 2.24) is 10.3 Å². The maximum absolute atomic E-state index is 5.55. The van der Waals surface area contributed by atoms with Gasteiger partial charge in [0.05, 0.1) is 18.4 Å². The first-order chi connectivity index (χ1) is 10.3. The topological polar surface area (TPSA) is 34.1 Å². The zero-order valence-electron chi connectivity index (χ0n) is 12.2. The highest BCUT2D eigenvalue weighted by atomic mass is 32.1. The van der Waals surface area contributed by atoms with Gasteiger partial charge in [0, 0.05) is 11.9 Å². The quantitative estimate of drug-likeness (QED) is 0.770. The van der Waals surface area contributed by atoms with Crippen LogP contribution in [0.3, 0.4) is 0 Å². The standard InChI is InChI=1S/C17H18N2OS/c1-3-18-10-13-11-21-17(19-13)16-14-7-5-4-6-12(14)8-9-15(16)20-2/h4-9,11,18H,3,10H2,1-2H3. The average molecular weight is 298 g/mol. The van der Waals surface area contributed by atoms with E-state index in [4.69, 9.17) is 9.72 Å². The third-order valence-corrected chi connectivity index (χ3v) is 4.34. The van der Waals surface area contributed by atoms with Gasteiger partial charge in [0.1, 0.15) is 10.8 Å². The van der Waals surface area contributed by atoms with Gasteiger partial charge in [0.2, 0.25) is 0 Å². The fourth-order valence-corrected chi connectivity index (χ4v) is 3.28. The number of aromatic nitrogens is 1. The summed E-state index contributed by atoms with van der Waals surface area (Å²) < 4.78 is 5.55. The Hall–Kier alpha value is -1.91. The van der Waals surface area contributed by atoms with Crippen LogP contribution < -0.4 is 10.1 Å². The van der Waals surface area contributed by atoms with Crippen LogP contribution in [0.2, 0.25) is 0 Å². The molecule has 3 aromatic rings. The molecule has 0 aliphatic heterocycles. The number of methoxy groups -OCH3 is 1. The van der Waals surface area contributed by atoms with Crippen LogP contribution in [-0.4, -0.2) is 18.6 Å². The van der Waals surface area contributed by atoms with Crippen molar-refractivity contribution in [3.63, 3.8) is 0 Å². The van der Waals surface area contributed by atoms with Crippen LogP contribution in [0.1, 0.15) is 12.6 Å². The molecule has 1 aromatic heterocycles. The SMILES string of the molecule is CCNCc1csc(-c2c(OC)ccc3ccccc23)n1. The molecule has 0 bridgehead atoms. The molecular formula is C17H18N2OS. The van der Waals surface area contributed by atoms with E-state index in [0.717, 1.165) is 35.1 Å². The highest BCUT2D eigenvalue weighted by Crippen LogP contribution is 2.38. The van der Waals surface area contributed by atoms with E-state index in [0.29, 0.717) is 0 Å². The minimum absolute atomic E-state index is 0.806. The summed E-state index contributed by atoms with van der Waals surface area (Å²) in [6.07, 6.45) is 0. The molecule has 0 aliphatic rings. The monoisotopic (exact) mass is 298 g/mol. The molecule has 4 heteroatoms. The van der Waals surface area contributed by atoms with Crippen molar-refractivity contribution in [3.05, 3.63) is 47.5 Å². The zero-order valence-corrected chi connectivity index (χ0v) is 13.0. The fourth-order valence-electron chi connectivity index (χ4n) is 2.40. The van der Waals surface area contributed by atoms with Gasteiger partial charge in [-0.1, -0.05) is 37.3 Å². The Morgan fingerprint density at radius 1 is 1.19 bits per heavy atom. The second kappa shape index (κ2) is 6.24. The first-order valence-electron chi connectivity index (χ1n) is 7.04. The van der Waals surface area contributed by atoms with Gasteiger partial charge in [-0.15, -0.1) is 11.3 Å². The van der Waals surface area contributed by atoms with E-state index in [2.05, 4.69) is 48.0 Å². The summed E-state index contributed by atoms with van der Waals surface area (Å²) >= 11 is 1.67. The smallest absolute Gasteiger partial charge is 0.129 e. The minimum Gasteiger partial charge on any atom is -0.496 e. The summed E-state index contributed by atoms with van der Waals surface area (Å²) in [7, 11) is 1.71. The van der Waals surface area contributed by atoms with Crippen molar-refractivity contribution in [2.24, 2.45) is 0 Å². The van der Waals surface area contributed by atoms with E-state index < -0.39 is 0 Å². The van der Waals surface area contributed by atoms with Gasteiger partial charge in [0.25, 0.3) is 0 Å². The molecule has 0 amide bonds. The molecule has 0 saturated carbocycles. The number of benzene rings is 2. The van der Waals surface area contributed by atoms with Crippen LogP contribution in [0.25, 0.3) is 21.3 Å². The third kappa shape index (κ3) is 2.77. The average Bonchev–Trinajstić information content (AvgIpc) is 3.00. The van der Waals surface area contributed by atoms with Crippen LogP contribution in [0.15, 0.2) is 41.8 Å². The maximum atomic E-state index is 5.55. The van der Waals surface area contributed by atoms with Crippen molar-refractivity contribution in [1.29, 1.82) is 0 Å². The maximum Gasteiger partial charge on any atom is 0.129 e.